The maximum Gasteiger partial charge on any atom is 0.311 e. The van der Waals surface area contributed by atoms with Crippen LogP contribution in [0.1, 0.15) is 43.4 Å². The molecule has 3 N–H and O–H groups in total. The standard InChI is InChI=1S/C14H19NO2/c1-2-10-4-6-11(7-5-10)12(15)14(13(16)17)8-3-9-14/h4-7,12H,2-3,8-9,15H2,1H3,(H,16,17). The zero-order chi connectivity index (χ0) is 12.5. The minimum Gasteiger partial charge on any atom is -0.481 e. The van der Waals surface area contributed by atoms with Crippen LogP contribution >= 0.6 is 0 Å². The third kappa shape index (κ3) is 1.95. The molecule has 0 aliphatic heterocycles. The zero-order valence-electron chi connectivity index (χ0n) is 10.1. The van der Waals surface area contributed by atoms with Gasteiger partial charge in [-0.15, -0.1) is 0 Å². The van der Waals surface area contributed by atoms with Crippen LogP contribution in [-0.2, 0) is 11.2 Å². The fourth-order valence-electron chi connectivity index (χ4n) is 2.50. The van der Waals surface area contributed by atoms with Gasteiger partial charge in [0.05, 0.1) is 5.41 Å². The molecule has 17 heavy (non-hydrogen) atoms. The Bertz CT molecular complexity index is 407. The highest BCUT2D eigenvalue weighted by Gasteiger charge is 2.49. The molecule has 0 heterocycles. The van der Waals surface area contributed by atoms with Gasteiger partial charge in [-0.25, -0.2) is 0 Å². The number of carbonyl (C=O) groups is 1. The van der Waals surface area contributed by atoms with Gasteiger partial charge in [0.15, 0.2) is 0 Å². The first-order valence-electron chi connectivity index (χ1n) is 6.18. The number of carboxylic acids is 1. The highest BCUT2D eigenvalue weighted by molar-refractivity contribution is 5.77. The highest BCUT2D eigenvalue weighted by atomic mass is 16.4. The molecular formula is C14H19NO2. The third-order valence-electron chi connectivity index (χ3n) is 4.01. The molecule has 1 fully saturated rings. The van der Waals surface area contributed by atoms with E-state index < -0.39 is 11.4 Å². The summed E-state index contributed by atoms with van der Waals surface area (Å²) in [7, 11) is 0. The molecule has 1 aliphatic rings. The van der Waals surface area contributed by atoms with Gasteiger partial charge in [0.2, 0.25) is 0 Å². The lowest BCUT2D eigenvalue weighted by Crippen LogP contribution is -2.46. The molecule has 0 radical (unpaired) electrons. The minimum atomic E-state index is -0.754. The molecule has 0 spiro atoms. The second-order valence-electron chi connectivity index (χ2n) is 4.89. The first-order valence-corrected chi connectivity index (χ1v) is 6.18. The van der Waals surface area contributed by atoms with Crippen LogP contribution in [0.15, 0.2) is 24.3 Å². The molecular weight excluding hydrogens is 214 g/mol. The Labute approximate surface area is 102 Å². The van der Waals surface area contributed by atoms with Crippen molar-refractivity contribution in [3.8, 4) is 0 Å². The van der Waals surface area contributed by atoms with E-state index in [1.807, 2.05) is 24.3 Å². The summed E-state index contributed by atoms with van der Waals surface area (Å²) in [6.45, 7) is 2.10. The predicted octanol–water partition coefficient (Wildman–Crippen LogP) is 2.50. The molecule has 0 amide bonds. The number of benzene rings is 1. The zero-order valence-corrected chi connectivity index (χ0v) is 10.1. The van der Waals surface area contributed by atoms with Crippen molar-refractivity contribution in [3.63, 3.8) is 0 Å². The summed E-state index contributed by atoms with van der Waals surface area (Å²) < 4.78 is 0. The monoisotopic (exact) mass is 233 g/mol. The van der Waals surface area contributed by atoms with Crippen molar-refractivity contribution < 1.29 is 9.90 Å². The smallest absolute Gasteiger partial charge is 0.311 e. The molecule has 1 unspecified atom stereocenters. The second-order valence-corrected chi connectivity index (χ2v) is 4.89. The van der Waals surface area contributed by atoms with Crippen molar-refractivity contribution in [3.05, 3.63) is 35.4 Å². The number of aryl methyl sites for hydroxylation is 1. The van der Waals surface area contributed by atoms with Crippen molar-refractivity contribution in [1.29, 1.82) is 0 Å². The average Bonchev–Trinajstić information content (AvgIpc) is 2.27. The van der Waals surface area contributed by atoms with E-state index in [1.165, 1.54) is 5.56 Å². The maximum atomic E-state index is 11.4. The summed E-state index contributed by atoms with van der Waals surface area (Å²) >= 11 is 0. The molecule has 3 heteroatoms. The summed E-state index contributed by atoms with van der Waals surface area (Å²) in [5, 5.41) is 9.34. The van der Waals surface area contributed by atoms with Crippen LogP contribution in [-0.4, -0.2) is 11.1 Å². The Hall–Kier alpha value is -1.35. The molecule has 1 aliphatic carbocycles. The molecule has 3 nitrogen and oxygen atoms in total. The average molecular weight is 233 g/mol. The van der Waals surface area contributed by atoms with Crippen LogP contribution in [0.4, 0.5) is 0 Å². The number of hydrogen-bond donors (Lipinski definition) is 2. The fourth-order valence-corrected chi connectivity index (χ4v) is 2.50. The van der Waals surface area contributed by atoms with Crippen molar-refractivity contribution in [1.82, 2.24) is 0 Å². The maximum absolute atomic E-state index is 11.4. The molecule has 0 aromatic heterocycles. The highest BCUT2D eigenvalue weighted by Crippen LogP contribution is 2.49. The van der Waals surface area contributed by atoms with E-state index in [0.717, 1.165) is 18.4 Å². The number of carboxylic acid groups (broad SMARTS) is 1. The van der Waals surface area contributed by atoms with E-state index in [9.17, 15) is 9.90 Å². The number of rotatable bonds is 4. The van der Waals surface area contributed by atoms with Gasteiger partial charge in [0, 0.05) is 6.04 Å². The molecule has 2 rings (SSSR count). The van der Waals surface area contributed by atoms with Crippen LogP contribution < -0.4 is 5.73 Å². The second kappa shape index (κ2) is 4.49. The number of aliphatic carboxylic acids is 1. The van der Waals surface area contributed by atoms with Gasteiger partial charge in [-0.2, -0.15) is 0 Å². The third-order valence-corrected chi connectivity index (χ3v) is 4.01. The summed E-state index contributed by atoms with van der Waals surface area (Å²) in [6.07, 6.45) is 3.34. The topological polar surface area (TPSA) is 63.3 Å². The van der Waals surface area contributed by atoms with E-state index in [2.05, 4.69) is 6.92 Å². The molecule has 1 aromatic carbocycles. The summed E-state index contributed by atoms with van der Waals surface area (Å²) in [4.78, 5) is 11.4. The van der Waals surface area contributed by atoms with Crippen LogP contribution in [0.5, 0.6) is 0 Å². The van der Waals surface area contributed by atoms with Gasteiger partial charge in [-0.1, -0.05) is 37.6 Å². The minimum absolute atomic E-state index is 0.389. The number of hydrogen-bond acceptors (Lipinski definition) is 2. The SMILES string of the molecule is CCc1ccc(C(N)C2(C(=O)O)CCC2)cc1. The van der Waals surface area contributed by atoms with Gasteiger partial charge in [0.25, 0.3) is 0 Å². The Morgan fingerprint density at radius 1 is 1.41 bits per heavy atom. The van der Waals surface area contributed by atoms with Crippen molar-refractivity contribution in [2.75, 3.05) is 0 Å². The van der Waals surface area contributed by atoms with Gasteiger partial charge in [-0.3, -0.25) is 4.79 Å². The Kier molecular flexibility index (Phi) is 3.20. The first-order chi connectivity index (χ1) is 8.10. The quantitative estimate of drug-likeness (QED) is 0.839. The molecule has 1 atom stereocenters. The largest absolute Gasteiger partial charge is 0.481 e. The summed E-state index contributed by atoms with van der Waals surface area (Å²) in [5.41, 5.74) is 7.60. The van der Waals surface area contributed by atoms with Gasteiger partial charge >= 0.3 is 5.97 Å². The lowest BCUT2D eigenvalue weighted by molar-refractivity contribution is -0.156. The number of nitrogens with two attached hydrogens (primary N) is 1. The Morgan fingerprint density at radius 2 is 2.00 bits per heavy atom. The molecule has 1 aromatic rings. The van der Waals surface area contributed by atoms with E-state index >= 15 is 0 Å². The van der Waals surface area contributed by atoms with Crippen molar-refractivity contribution in [2.24, 2.45) is 11.1 Å². The summed E-state index contributed by atoms with van der Waals surface area (Å²) in [6, 6.07) is 7.60. The van der Waals surface area contributed by atoms with Gasteiger partial charge in [0.1, 0.15) is 0 Å². The van der Waals surface area contributed by atoms with E-state index in [4.69, 9.17) is 5.73 Å². The van der Waals surface area contributed by atoms with Crippen molar-refractivity contribution >= 4 is 5.97 Å². The molecule has 92 valence electrons. The lowest BCUT2D eigenvalue weighted by Gasteiger charge is -2.42. The Morgan fingerprint density at radius 3 is 2.35 bits per heavy atom. The van der Waals surface area contributed by atoms with Crippen LogP contribution in [0, 0.1) is 5.41 Å². The predicted molar refractivity (Wildman–Crippen MR) is 66.7 cm³/mol. The molecule has 0 saturated heterocycles. The summed E-state index contributed by atoms with van der Waals surface area (Å²) in [5.74, 6) is -0.754. The first kappa shape index (κ1) is 12.1. The van der Waals surface area contributed by atoms with Crippen LogP contribution in [0.25, 0.3) is 0 Å². The van der Waals surface area contributed by atoms with Gasteiger partial charge < -0.3 is 10.8 Å². The lowest BCUT2D eigenvalue weighted by atomic mass is 9.62. The van der Waals surface area contributed by atoms with Crippen LogP contribution in [0.2, 0.25) is 0 Å². The van der Waals surface area contributed by atoms with E-state index in [-0.39, 0.29) is 6.04 Å². The van der Waals surface area contributed by atoms with E-state index in [0.29, 0.717) is 12.8 Å². The molecule has 0 bridgehead atoms. The normalized spacial score (nSPS) is 19.4. The van der Waals surface area contributed by atoms with Gasteiger partial charge in [-0.05, 0) is 30.4 Å². The van der Waals surface area contributed by atoms with E-state index in [1.54, 1.807) is 0 Å². The fraction of sp³-hybridized carbons (Fsp3) is 0.500. The molecule has 1 saturated carbocycles. The Balaban J connectivity index is 2.23. The van der Waals surface area contributed by atoms with Crippen LogP contribution in [0.3, 0.4) is 0 Å². The van der Waals surface area contributed by atoms with Crippen molar-refractivity contribution in [2.45, 2.75) is 38.6 Å².